The summed E-state index contributed by atoms with van der Waals surface area (Å²) in [6.07, 6.45) is 6.38. The van der Waals surface area contributed by atoms with Crippen LogP contribution in [0.25, 0.3) is 11.5 Å². The molecule has 4 aliphatic rings. The first-order chi connectivity index (χ1) is 21.7. The minimum absolute atomic E-state index is 0.102. The maximum absolute atomic E-state index is 10.1. The molecular formula is C34H44N8O3. The Labute approximate surface area is 265 Å². The summed E-state index contributed by atoms with van der Waals surface area (Å²) in [6, 6.07) is 8.85. The third-order valence-electron chi connectivity index (χ3n) is 10.9. The van der Waals surface area contributed by atoms with Gasteiger partial charge in [-0.3, -0.25) is 4.90 Å². The molecule has 0 radical (unpaired) electrons. The number of nitrogens with two attached hydrogens (primary N) is 1. The highest BCUT2D eigenvalue weighted by Crippen LogP contribution is 2.54. The average molecular weight is 613 g/mol. The van der Waals surface area contributed by atoms with Crippen LogP contribution in [-0.4, -0.2) is 97.1 Å². The van der Waals surface area contributed by atoms with Gasteiger partial charge >= 0.3 is 0 Å². The molecule has 2 saturated heterocycles. The van der Waals surface area contributed by atoms with Crippen LogP contribution in [0.2, 0.25) is 0 Å². The van der Waals surface area contributed by atoms with E-state index in [-0.39, 0.29) is 18.2 Å². The molecule has 5 atom stereocenters. The molecule has 0 saturated carbocycles. The first-order valence-electron chi connectivity index (χ1n) is 16.3. The van der Waals surface area contributed by atoms with Gasteiger partial charge in [-0.2, -0.15) is 10.2 Å². The molecule has 4 heterocycles. The van der Waals surface area contributed by atoms with Gasteiger partial charge in [0.15, 0.2) is 17.3 Å². The van der Waals surface area contributed by atoms with E-state index in [1.54, 1.807) is 7.11 Å². The zero-order valence-electron chi connectivity index (χ0n) is 27.0. The third kappa shape index (κ3) is 4.94. The lowest BCUT2D eigenvalue weighted by molar-refractivity contribution is 0.0174. The SMILES string of the molecule is CO[C@H]1CCN(C)[C@@H]1[C@H](C)Oc1cc(N2CC[C@H](N(C)C)C2)nc(-c2noc3c2CCC[C@@]32CCc3ccc(N)c(C#N)c32)n1. The van der Waals surface area contributed by atoms with E-state index >= 15 is 0 Å². The fourth-order valence-corrected chi connectivity index (χ4v) is 8.49. The number of nitrogens with zero attached hydrogens (tertiary/aromatic N) is 7. The maximum Gasteiger partial charge on any atom is 0.219 e. The van der Waals surface area contributed by atoms with Crippen LogP contribution < -0.4 is 15.4 Å². The molecule has 0 amide bonds. The van der Waals surface area contributed by atoms with E-state index in [0.717, 1.165) is 87.3 Å². The first kappa shape index (κ1) is 30.0. The van der Waals surface area contributed by atoms with Crippen LogP contribution in [0.4, 0.5) is 11.5 Å². The van der Waals surface area contributed by atoms with E-state index in [0.29, 0.717) is 34.7 Å². The van der Waals surface area contributed by atoms with E-state index in [1.807, 2.05) is 12.1 Å². The summed E-state index contributed by atoms with van der Waals surface area (Å²) < 4.78 is 18.7. The molecule has 3 aromatic rings. The lowest BCUT2D eigenvalue weighted by Gasteiger charge is -2.33. The molecule has 11 heteroatoms. The lowest BCUT2D eigenvalue weighted by Crippen LogP contribution is -2.44. The molecule has 0 unspecified atom stereocenters. The Bertz CT molecular complexity index is 1630. The van der Waals surface area contributed by atoms with E-state index in [2.05, 4.69) is 60.1 Å². The molecule has 2 aromatic heterocycles. The van der Waals surface area contributed by atoms with Crippen molar-refractivity contribution < 1.29 is 14.0 Å². The van der Waals surface area contributed by atoms with Gasteiger partial charge in [0.25, 0.3) is 0 Å². The molecule has 2 N–H and O–H groups in total. The van der Waals surface area contributed by atoms with Crippen LogP contribution in [0.15, 0.2) is 22.7 Å². The van der Waals surface area contributed by atoms with Crippen LogP contribution in [0.3, 0.4) is 0 Å². The first-order valence-corrected chi connectivity index (χ1v) is 16.3. The largest absolute Gasteiger partial charge is 0.473 e. The molecule has 7 rings (SSSR count). The van der Waals surface area contributed by atoms with Crippen LogP contribution in [-0.2, 0) is 23.0 Å². The number of anilines is 2. The second-order valence-corrected chi connectivity index (χ2v) is 13.5. The van der Waals surface area contributed by atoms with Crippen molar-refractivity contribution in [2.75, 3.05) is 58.5 Å². The molecule has 1 spiro atoms. The van der Waals surface area contributed by atoms with Crippen molar-refractivity contribution in [3.8, 4) is 23.5 Å². The molecule has 0 bridgehead atoms. The fourth-order valence-electron chi connectivity index (χ4n) is 8.49. The van der Waals surface area contributed by atoms with Crippen LogP contribution in [0, 0.1) is 11.3 Å². The number of methoxy groups -OCH3 is 1. The monoisotopic (exact) mass is 612 g/mol. The molecule has 2 fully saturated rings. The highest BCUT2D eigenvalue weighted by Gasteiger charge is 2.49. The topological polar surface area (TPSA) is 130 Å². The number of hydrogen-bond donors (Lipinski definition) is 1. The second-order valence-electron chi connectivity index (χ2n) is 13.5. The van der Waals surface area contributed by atoms with E-state index < -0.39 is 5.41 Å². The number of nitrogen functional groups attached to an aromatic ring is 1. The third-order valence-corrected chi connectivity index (χ3v) is 10.9. The highest BCUT2D eigenvalue weighted by molar-refractivity contribution is 5.68. The predicted molar refractivity (Wildman–Crippen MR) is 171 cm³/mol. The van der Waals surface area contributed by atoms with Crippen molar-refractivity contribution in [2.24, 2.45) is 0 Å². The van der Waals surface area contributed by atoms with Crippen LogP contribution in [0.5, 0.6) is 5.88 Å². The minimum Gasteiger partial charge on any atom is -0.473 e. The van der Waals surface area contributed by atoms with Gasteiger partial charge in [0, 0.05) is 50.1 Å². The van der Waals surface area contributed by atoms with E-state index in [9.17, 15) is 5.26 Å². The van der Waals surface area contributed by atoms with E-state index in [4.69, 9.17) is 29.7 Å². The zero-order chi connectivity index (χ0) is 31.5. The Hall–Kier alpha value is -3.72. The number of hydrogen-bond acceptors (Lipinski definition) is 11. The van der Waals surface area contributed by atoms with Crippen molar-refractivity contribution in [2.45, 2.75) is 81.6 Å². The van der Waals surface area contributed by atoms with Crippen molar-refractivity contribution in [1.82, 2.24) is 24.9 Å². The normalized spacial score (nSPS) is 26.8. The smallest absolute Gasteiger partial charge is 0.219 e. The molecule has 2 aliphatic heterocycles. The van der Waals surface area contributed by atoms with Crippen molar-refractivity contribution in [3.63, 3.8) is 0 Å². The average Bonchev–Trinajstić information content (AvgIpc) is 3.83. The molecule has 238 valence electrons. The summed E-state index contributed by atoms with van der Waals surface area (Å²) in [7, 11) is 8.15. The van der Waals surface area contributed by atoms with Gasteiger partial charge in [-0.15, -0.1) is 0 Å². The quantitative estimate of drug-likeness (QED) is 0.391. The summed E-state index contributed by atoms with van der Waals surface area (Å²) in [5.74, 6) is 2.71. The number of likely N-dealkylation sites (N-methyl/N-ethyl adjacent to an activating group) is 2. The summed E-state index contributed by atoms with van der Waals surface area (Å²) >= 11 is 0. The number of nitriles is 1. The Morgan fingerprint density at radius 2 is 2.02 bits per heavy atom. The van der Waals surface area contributed by atoms with Gasteiger partial charge in [-0.25, -0.2) is 4.98 Å². The Morgan fingerprint density at radius 3 is 2.78 bits per heavy atom. The van der Waals surface area contributed by atoms with Gasteiger partial charge in [-0.1, -0.05) is 11.2 Å². The molecule has 1 aromatic carbocycles. The fraction of sp³-hybridized carbons (Fsp3) is 0.588. The number of rotatable bonds is 7. The summed E-state index contributed by atoms with van der Waals surface area (Å²) in [5.41, 5.74) is 10.9. The Kier molecular flexibility index (Phi) is 7.71. The summed E-state index contributed by atoms with van der Waals surface area (Å²) in [4.78, 5) is 17.0. The Morgan fingerprint density at radius 1 is 1.18 bits per heavy atom. The van der Waals surface area contributed by atoms with E-state index in [1.165, 1.54) is 5.56 Å². The van der Waals surface area contributed by atoms with Gasteiger partial charge in [0.1, 0.15) is 18.0 Å². The maximum atomic E-state index is 10.1. The zero-order valence-corrected chi connectivity index (χ0v) is 27.0. The number of fused-ring (bicyclic) bond motifs is 4. The molecule has 11 nitrogen and oxygen atoms in total. The van der Waals surface area contributed by atoms with Gasteiger partial charge in [0.2, 0.25) is 5.88 Å². The minimum atomic E-state index is -0.420. The number of likely N-dealkylation sites (tertiary alicyclic amines) is 1. The van der Waals surface area contributed by atoms with Crippen molar-refractivity contribution in [1.29, 1.82) is 5.26 Å². The van der Waals surface area contributed by atoms with Crippen molar-refractivity contribution >= 4 is 11.5 Å². The number of ether oxygens (including phenoxy) is 2. The Balaban J connectivity index is 1.29. The molecule has 45 heavy (non-hydrogen) atoms. The molecule has 2 aliphatic carbocycles. The standard InChI is InChI=1S/C34H44N8O3/c1-20(31-26(43-5)12-15-41(31)4)44-28-17-27(42-16-11-22(19-42)40(2)3)37-33(38-28)30-23-7-6-13-34(32(23)45-39-30)14-10-21-8-9-25(36)24(18-35)29(21)34/h8-9,17,20,22,26,31H,6-7,10-16,19,36H2,1-5H3/t20-,22-,26-,31+,34-/m0/s1. The number of aryl methyl sites for hydroxylation is 1. The predicted octanol–water partition coefficient (Wildman–Crippen LogP) is 3.78. The lowest BCUT2D eigenvalue weighted by atomic mass is 9.68. The van der Waals surface area contributed by atoms with Crippen LogP contribution in [0.1, 0.15) is 67.0 Å². The molecular weight excluding hydrogens is 568 g/mol. The van der Waals surface area contributed by atoms with Crippen LogP contribution >= 0.6 is 0 Å². The summed E-state index contributed by atoms with van der Waals surface area (Å²) in [5, 5.41) is 14.8. The second kappa shape index (κ2) is 11.6. The van der Waals surface area contributed by atoms with Gasteiger partial charge in [0.05, 0.1) is 23.1 Å². The number of benzene rings is 1. The summed E-state index contributed by atoms with van der Waals surface area (Å²) in [6.45, 7) is 4.84. The highest BCUT2D eigenvalue weighted by atomic mass is 16.5. The van der Waals surface area contributed by atoms with Crippen molar-refractivity contribution in [3.05, 3.63) is 46.2 Å². The van der Waals surface area contributed by atoms with Gasteiger partial charge < -0.3 is 29.5 Å². The van der Waals surface area contributed by atoms with Gasteiger partial charge in [-0.05, 0) is 90.2 Å². The number of aromatic nitrogens is 3.